The number of nitrogens with zero attached hydrogens (tertiary/aromatic N) is 2. The minimum atomic E-state index is -0.590. The Morgan fingerprint density at radius 1 is 1.10 bits per heavy atom. The number of benzene rings is 2. The summed E-state index contributed by atoms with van der Waals surface area (Å²) >= 11 is 0. The maximum atomic E-state index is 14.0. The summed E-state index contributed by atoms with van der Waals surface area (Å²) in [5.41, 5.74) is 0.626. The molecule has 3 aromatic rings. The molecule has 29 heavy (non-hydrogen) atoms. The first kappa shape index (κ1) is 19.2. The van der Waals surface area contributed by atoms with Crippen LogP contribution in [0.2, 0.25) is 0 Å². The predicted octanol–water partition coefficient (Wildman–Crippen LogP) is 4.60. The van der Waals surface area contributed by atoms with Crippen molar-refractivity contribution < 1.29 is 18.1 Å². The van der Waals surface area contributed by atoms with Crippen LogP contribution in [0.4, 0.5) is 8.78 Å². The predicted molar refractivity (Wildman–Crippen MR) is 103 cm³/mol. The molecule has 1 aromatic heterocycles. The van der Waals surface area contributed by atoms with Gasteiger partial charge in [-0.15, -0.1) is 0 Å². The molecule has 5 nitrogen and oxygen atoms in total. The fourth-order valence-electron chi connectivity index (χ4n) is 3.29. The number of rotatable bonds is 4. The lowest BCUT2D eigenvalue weighted by atomic mass is 9.96. The SMILES string of the molecule is CC(C)(C)c1noc(-c2ccccc2C(=O)N[C@H]2C[C@@H]2c2c(F)cccc2F)n1. The van der Waals surface area contributed by atoms with Crippen molar-refractivity contribution in [2.45, 2.75) is 44.6 Å². The zero-order valence-corrected chi connectivity index (χ0v) is 16.4. The maximum absolute atomic E-state index is 14.0. The Kier molecular flexibility index (Phi) is 4.68. The summed E-state index contributed by atoms with van der Waals surface area (Å²) in [7, 11) is 0. The third kappa shape index (κ3) is 3.77. The molecule has 1 saturated carbocycles. The quantitative estimate of drug-likeness (QED) is 0.699. The molecule has 1 heterocycles. The molecule has 0 spiro atoms. The zero-order valence-electron chi connectivity index (χ0n) is 16.4. The number of carbonyl (C=O) groups excluding carboxylic acids is 1. The van der Waals surface area contributed by atoms with Gasteiger partial charge in [-0.25, -0.2) is 8.78 Å². The largest absolute Gasteiger partial charge is 0.349 e. The molecule has 2 atom stereocenters. The van der Waals surface area contributed by atoms with Crippen molar-refractivity contribution >= 4 is 5.91 Å². The van der Waals surface area contributed by atoms with Gasteiger partial charge in [-0.3, -0.25) is 4.79 Å². The van der Waals surface area contributed by atoms with Crippen LogP contribution >= 0.6 is 0 Å². The second-order valence-corrected chi connectivity index (χ2v) is 8.28. The molecule has 0 aliphatic heterocycles. The molecule has 0 saturated heterocycles. The average molecular weight is 397 g/mol. The van der Waals surface area contributed by atoms with Crippen LogP contribution in [0, 0.1) is 11.6 Å². The molecule has 0 radical (unpaired) electrons. The summed E-state index contributed by atoms with van der Waals surface area (Å²) in [5, 5.41) is 6.87. The lowest BCUT2D eigenvalue weighted by Gasteiger charge is -2.11. The van der Waals surface area contributed by atoms with E-state index in [1.54, 1.807) is 24.3 Å². The summed E-state index contributed by atoms with van der Waals surface area (Å²) in [4.78, 5) is 17.3. The molecule has 1 fully saturated rings. The standard InChI is InChI=1S/C22H21F2N3O2/c1-22(2,3)21-26-20(29-27-21)13-8-5-4-7-12(13)19(28)25-17-11-14(17)18-15(23)9-6-10-16(18)24/h4-10,14,17H,11H2,1-3H3,(H,25,28)/t14-,17-/m0/s1. The Balaban J connectivity index is 1.55. The minimum Gasteiger partial charge on any atom is -0.349 e. The molecule has 1 aliphatic rings. The second-order valence-electron chi connectivity index (χ2n) is 8.28. The van der Waals surface area contributed by atoms with Crippen molar-refractivity contribution in [3.05, 3.63) is 71.1 Å². The summed E-state index contributed by atoms with van der Waals surface area (Å²) in [5.74, 6) is -1.10. The smallest absolute Gasteiger partial charge is 0.258 e. The highest BCUT2D eigenvalue weighted by Gasteiger charge is 2.43. The molecular formula is C22H21F2N3O2. The van der Waals surface area contributed by atoms with Crippen LogP contribution in [0.25, 0.3) is 11.5 Å². The number of carbonyl (C=O) groups is 1. The van der Waals surface area contributed by atoms with Gasteiger partial charge in [0, 0.05) is 22.9 Å². The summed E-state index contributed by atoms with van der Waals surface area (Å²) < 4.78 is 33.3. The third-order valence-electron chi connectivity index (χ3n) is 4.98. The number of hydrogen-bond donors (Lipinski definition) is 1. The Morgan fingerprint density at radius 3 is 2.45 bits per heavy atom. The minimum absolute atomic E-state index is 0.0257. The fraction of sp³-hybridized carbons (Fsp3) is 0.318. The van der Waals surface area contributed by atoms with Crippen molar-refractivity contribution in [1.29, 1.82) is 0 Å². The number of amides is 1. The van der Waals surface area contributed by atoms with E-state index >= 15 is 0 Å². The molecule has 4 rings (SSSR count). The van der Waals surface area contributed by atoms with E-state index < -0.39 is 11.6 Å². The van der Waals surface area contributed by atoms with Gasteiger partial charge in [-0.05, 0) is 30.7 Å². The fourth-order valence-corrected chi connectivity index (χ4v) is 3.29. The average Bonchev–Trinajstić information content (AvgIpc) is 3.20. The molecule has 150 valence electrons. The highest BCUT2D eigenvalue weighted by molar-refractivity contribution is 6.00. The summed E-state index contributed by atoms with van der Waals surface area (Å²) in [6, 6.07) is 10.4. The van der Waals surface area contributed by atoms with Gasteiger partial charge >= 0.3 is 0 Å². The zero-order chi connectivity index (χ0) is 20.8. The normalized spacial score (nSPS) is 18.5. The van der Waals surface area contributed by atoms with E-state index in [2.05, 4.69) is 15.5 Å². The third-order valence-corrected chi connectivity index (χ3v) is 4.98. The van der Waals surface area contributed by atoms with Crippen molar-refractivity contribution in [3.8, 4) is 11.5 Å². The van der Waals surface area contributed by atoms with Gasteiger partial charge in [0.2, 0.25) is 0 Å². The highest BCUT2D eigenvalue weighted by Crippen LogP contribution is 2.43. The van der Waals surface area contributed by atoms with Gasteiger partial charge < -0.3 is 9.84 Å². The van der Waals surface area contributed by atoms with Crippen molar-refractivity contribution in [3.63, 3.8) is 0 Å². The van der Waals surface area contributed by atoms with Crippen molar-refractivity contribution in [2.24, 2.45) is 0 Å². The molecular weight excluding hydrogens is 376 g/mol. The maximum Gasteiger partial charge on any atom is 0.258 e. The van der Waals surface area contributed by atoms with Crippen LogP contribution in [0.1, 0.15) is 54.9 Å². The molecule has 0 unspecified atom stereocenters. The van der Waals surface area contributed by atoms with Gasteiger partial charge in [0.05, 0.1) is 11.1 Å². The van der Waals surface area contributed by atoms with Gasteiger partial charge in [0.1, 0.15) is 11.6 Å². The van der Waals surface area contributed by atoms with E-state index in [1.165, 1.54) is 18.2 Å². The van der Waals surface area contributed by atoms with Gasteiger partial charge in [0.25, 0.3) is 11.8 Å². The number of aromatic nitrogens is 2. The van der Waals surface area contributed by atoms with Gasteiger partial charge in [0.15, 0.2) is 5.82 Å². The Labute approximate surface area is 167 Å². The van der Waals surface area contributed by atoms with Crippen LogP contribution in [0.5, 0.6) is 0 Å². The van der Waals surface area contributed by atoms with E-state index in [9.17, 15) is 13.6 Å². The van der Waals surface area contributed by atoms with Crippen LogP contribution < -0.4 is 5.32 Å². The topological polar surface area (TPSA) is 68.0 Å². The first-order valence-corrected chi connectivity index (χ1v) is 9.44. The van der Waals surface area contributed by atoms with E-state index in [0.717, 1.165) is 0 Å². The van der Waals surface area contributed by atoms with Gasteiger partial charge in [-0.1, -0.05) is 44.1 Å². The molecule has 1 aliphatic carbocycles. The first-order chi connectivity index (χ1) is 13.8. The Bertz CT molecular complexity index is 1050. The molecule has 1 N–H and O–H groups in total. The lowest BCUT2D eigenvalue weighted by molar-refractivity contribution is 0.0950. The number of nitrogens with one attached hydrogen (secondary N) is 1. The first-order valence-electron chi connectivity index (χ1n) is 9.44. The van der Waals surface area contributed by atoms with Crippen LogP contribution in [-0.2, 0) is 5.41 Å². The highest BCUT2D eigenvalue weighted by atomic mass is 19.1. The molecule has 0 bridgehead atoms. The second kappa shape index (κ2) is 7.06. The molecule has 1 amide bonds. The van der Waals surface area contributed by atoms with E-state index in [1.807, 2.05) is 20.8 Å². The van der Waals surface area contributed by atoms with E-state index in [4.69, 9.17) is 4.52 Å². The molecule has 7 heteroatoms. The monoisotopic (exact) mass is 397 g/mol. The van der Waals surface area contributed by atoms with Crippen LogP contribution in [-0.4, -0.2) is 22.1 Å². The number of hydrogen-bond acceptors (Lipinski definition) is 4. The van der Waals surface area contributed by atoms with E-state index in [-0.39, 0.29) is 34.7 Å². The lowest BCUT2D eigenvalue weighted by Crippen LogP contribution is -2.27. The molecule has 2 aromatic carbocycles. The summed E-state index contributed by atoms with van der Waals surface area (Å²) in [6.45, 7) is 5.90. The van der Waals surface area contributed by atoms with E-state index in [0.29, 0.717) is 23.4 Å². The van der Waals surface area contributed by atoms with Crippen molar-refractivity contribution in [1.82, 2.24) is 15.5 Å². The Morgan fingerprint density at radius 2 is 1.79 bits per heavy atom. The summed E-state index contributed by atoms with van der Waals surface area (Å²) in [6.07, 6.45) is 0.487. The number of halogens is 2. The van der Waals surface area contributed by atoms with Crippen LogP contribution in [0.15, 0.2) is 47.0 Å². The van der Waals surface area contributed by atoms with Gasteiger partial charge in [-0.2, -0.15) is 4.98 Å². The Hall–Kier alpha value is -3.09. The van der Waals surface area contributed by atoms with Crippen LogP contribution in [0.3, 0.4) is 0 Å². The van der Waals surface area contributed by atoms with Crippen molar-refractivity contribution in [2.75, 3.05) is 0 Å².